The molecule has 0 amide bonds. The Morgan fingerprint density at radius 1 is 1.08 bits per heavy atom. The summed E-state index contributed by atoms with van der Waals surface area (Å²) in [5.74, 6) is 0. The lowest BCUT2D eigenvalue weighted by Gasteiger charge is -1.99. The summed E-state index contributed by atoms with van der Waals surface area (Å²) in [5.41, 5.74) is 0. The van der Waals surface area contributed by atoms with Crippen molar-refractivity contribution in [2.45, 2.75) is 4.90 Å². The van der Waals surface area contributed by atoms with Crippen molar-refractivity contribution in [1.82, 2.24) is 0 Å². The van der Waals surface area contributed by atoms with Gasteiger partial charge in [0.05, 0.1) is 4.90 Å². The average Bonchev–Trinajstić information content (AvgIpc) is 1.82. The van der Waals surface area contributed by atoms with Crippen LogP contribution in [0.2, 0.25) is 10.0 Å². The van der Waals surface area contributed by atoms with Crippen molar-refractivity contribution in [2.75, 3.05) is 6.26 Å². The number of hydrogen-bond donors (Lipinski definition) is 0. The van der Waals surface area contributed by atoms with Crippen molar-refractivity contribution in [1.29, 1.82) is 0 Å². The molecule has 1 aromatic carbocycles. The molecule has 0 N–H and O–H groups in total. The molecule has 0 radical (unpaired) electrons. The molecule has 0 unspecified atom stereocenters. The van der Waals surface area contributed by atoms with E-state index in [1.165, 1.54) is 18.2 Å². The number of benzene rings is 1. The largest absolute Gasteiger partial charge is 0.224 e. The van der Waals surface area contributed by atoms with Crippen molar-refractivity contribution >= 4 is 33.0 Å². The molecule has 0 fully saturated rings. The zero-order chi connectivity index (χ0) is 9.35. The van der Waals surface area contributed by atoms with E-state index in [0.29, 0.717) is 10.0 Å². The third-order valence-corrected chi connectivity index (χ3v) is 2.79. The minimum Gasteiger partial charge on any atom is -0.224 e. The van der Waals surface area contributed by atoms with E-state index in [9.17, 15) is 8.42 Å². The fraction of sp³-hybridized carbons (Fsp3) is 0.143. The molecule has 1 rings (SSSR count). The summed E-state index contributed by atoms with van der Waals surface area (Å²) in [6.07, 6.45) is 1.11. The molecule has 0 aliphatic rings. The first kappa shape index (κ1) is 9.84. The Labute approximate surface area is 81.0 Å². The number of rotatable bonds is 1. The zero-order valence-electron chi connectivity index (χ0n) is 6.21. The molecule has 0 saturated heterocycles. The Hall–Kier alpha value is -0.250. The summed E-state index contributed by atoms with van der Waals surface area (Å²) in [6.45, 7) is 0. The molecule has 2 nitrogen and oxygen atoms in total. The molecule has 0 saturated carbocycles. The number of halogens is 2. The van der Waals surface area contributed by atoms with Gasteiger partial charge < -0.3 is 0 Å². The van der Waals surface area contributed by atoms with E-state index in [-0.39, 0.29) is 4.90 Å². The van der Waals surface area contributed by atoms with E-state index < -0.39 is 9.84 Å². The first-order valence-electron chi connectivity index (χ1n) is 3.06. The lowest BCUT2D eigenvalue weighted by Crippen LogP contribution is -1.96. The van der Waals surface area contributed by atoms with Gasteiger partial charge in [-0.3, -0.25) is 0 Å². The summed E-state index contributed by atoms with van der Waals surface area (Å²) >= 11 is 11.2. The Morgan fingerprint density at radius 2 is 1.50 bits per heavy atom. The summed E-state index contributed by atoms with van der Waals surface area (Å²) < 4.78 is 22.0. The molecule has 1 aromatic rings. The van der Waals surface area contributed by atoms with Gasteiger partial charge in [0, 0.05) is 16.3 Å². The van der Waals surface area contributed by atoms with Crippen LogP contribution in [0, 0.1) is 0 Å². The van der Waals surface area contributed by atoms with Gasteiger partial charge in [0.1, 0.15) is 0 Å². The van der Waals surface area contributed by atoms with Crippen LogP contribution in [-0.4, -0.2) is 14.7 Å². The molecule has 66 valence electrons. The van der Waals surface area contributed by atoms with Crippen LogP contribution in [0.25, 0.3) is 0 Å². The molecule has 0 bridgehead atoms. The minimum atomic E-state index is -3.22. The topological polar surface area (TPSA) is 34.1 Å². The molecule has 5 heteroatoms. The summed E-state index contributed by atoms with van der Waals surface area (Å²) in [5, 5.41) is 0.644. The molecular weight excluding hydrogens is 219 g/mol. The third kappa shape index (κ3) is 2.37. The van der Waals surface area contributed by atoms with Crippen LogP contribution in [0.1, 0.15) is 0 Å². The van der Waals surface area contributed by atoms with Gasteiger partial charge in [0.15, 0.2) is 9.84 Å². The summed E-state index contributed by atoms with van der Waals surface area (Å²) in [6, 6.07) is 4.21. The van der Waals surface area contributed by atoms with E-state index >= 15 is 0 Å². The standard InChI is InChI=1S/C7H6Cl2O2S/c1-12(10,11)7-3-5(8)2-6(9)4-7/h2-4H,1H3. The van der Waals surface area contributed by atoms with E-state index in [0.717, 1.165) is 6.26 Å². The highest BCUT2D eigenvalue weighted by atomic mass is 35.5. The molecular formula is C7H6Cl2O2S. The second-order valence-corrected chi connectivity index (χ2v) is 5.27. The van der Waals surface area contributed by atoms with E-state index in [1.807, 2.05) is 0 Å². The van der Waals surface area contributed by atoms with Crippen LogP contribution >= 0.6 is 23.2 Å². The van der Waals surface area contributed by atoms with Gasteiger partial charge in [-0.2, -0.15) is 0 Å². The van der Waals surface area contributed by atoms with Crippen molar-refractivity contribution in [3.05, 3.63) is 28.2 Å². The van der Waals surface area contributed by atoms with Crippen molar-refractivity contribution in [3.8, 4) is 0 Å². The molecule has 0 heterocycles. The Kier molecular flexibility index (Phi) is 2.66. The maximum atomic E-state index is 11.0. The molecule has 0 atom stereocenters. The minimum absolute atomic E-state index is 0.139. The van der Waals surface area contributed by atoms with E-state index in [4.69, 9.17) is 23.2 Å². The van der Waals surface area contributed by atoms with Crippen molar-refractivity contribution in [3.63, 3.8) is 0 Å². The van der Waals surface area contributed by atoms with E-state index in [1.54, 1.807) is 0 Å². The first-order chi connectivity index (χ1) is 5.39. The van der Waals surface area contributed by atoms with Crippen molar-refractivity contribution < 1.29 is 8.42 Å². The van der Waals surface area contributed by atoms with Crippen molar-refractivity contribution in [2.24, 2.45) is 0 Å². The fourth-order valence-corrected chi connectivity index (χ4v) is 2.08. The van der Waals surface area contributed by atoms with Gasteiger partial charge in [-0.05, 0) is 18.2 Å². The SMILES string of the molecule is CS(=O)(=O)c1cc(Cl)cc(Cl)c1. The Bertz CT molecular complexity index is 378. The normalized spacial score (nSPS) is 11.6. The van der Waals surface area contributed by atoms with Crippen LogP contribution in [-0.2, 0) is 9.84 Å². The van der Waals surface area contributed by atoms with Crippen LogP contribution in [0.15, 0.2) is 23.1 Å². The molecule has 0 spiro atoms. The maximum Gasteiger partial charge on any atom is 0.175 e. The molecule has 0 aliphatic carbocycles. The van der Waals surface area contributed by atoms with Crippen LogP contribution in [0.5, 0.6) is 0 Å². The van der Waals surface area contributed by atoms with Crippen LogP contribution in [0.4, 0.5) is 0 Å². The van der Waals surface area contributed by atoms with Gasteiger partial charge in [0.25, 0.3) is 0 Å². The average molecular weight is 225 g/mol. The van der Waals surface area contributed by atoms with Gasteiger partial charge in [-0.15, -0.1) is 0 Å². The highest BCUT2D eigenvalue weighted by molar-refractivity contribution is 7.90. The first-order valence-corrected chi connectivity index (χ1v) is 5.70. The summed E-state index contributed by atoms with van der Waals surface area (Å²) in [7, 11) is -3.22. The van der Waals surface area contributed by atoms with Gasteiger partial charge >= 0.3 is 0 Å². The molecule has 12 heavy (non-hydrogen) atoms. The van der Waals surface area contributed by atoms with Gasteiger partial charge in [-0.25, -0.2) is 8.42 Å². The van der Waals surface area contributed by atoms with Gasteiger partial charge in [-0.1, -0.05) is 23.2 Å². The van der Waals surface area contributed by atoms with E-state index in [2.05, 4.69) is 0 Å². The third-order valence-electron chi connectivity index (χ3n) is 1.26. The maximum absolute atomic E-state index is 11.0. The summed E-state index contributed by atoms with van der Waals surface area (Å²) in [4.78, 5) is 0.139. The zero-order valence-corrected chi connectivity index (χ0v) is 8.54. The van der Waals surface area contributed by atoms with Crippen LogP contribution in [0.3, 0.4) is 0 Å². The predicted octanol–water partition coefficient (Wildman–Crippen LogP) is 2.40. The predicted molar refractivity (Wildman–Crippen MR) is 49.6 cm³/mol. The highest BCUT2D eigenvalue weighted by Crippen LogP contribution is 2.21. The Balaban J connectivity index is 3.37. The smallest absolute Gasteiger partial charge is 0.175 e. The lowest BCUT2D eigenvalue weighted by molar-refractivity contribution is 0.602. The van der Waals surface area contributed by atoms with Crippen LogP contribution < -0.4 is 0 Å². The van der Waals surface area contributed by atoms with Gasteiger partial charge in [0.2, 0.25) is 0 Å². The monoisotopic (exact) mass is 224 g/mol. The quantitative estimate of drug-likeness (QED) is 0.735. The number of hydrogen-bond acceptors (Lipinski definition) is 2. The Morgan fingerprint density at radius 3 is 1.83 bits per heavy atom. The second-order valence-electron chi connectivity index (χ2n) is 2.38. The molecule has 0 aromatic heterocycles. The molecule has 0 aliphatic heterocycles. The fourth-order valence-electron chi connectivity index (χ4n) is 0.743. The lowest BCUT2D eigenvalue weighted by atomic mass is 10.4. The highest BCUT2D eigenvalue weighted by Gasteiger charge is 2.08. The second kappa shape index (κ2) is 3.24. The number of sulfone groups is 1.